The van der Waals surface area contributed by atoms with Crippen molar-refractivity contribution in [3.63, 3.8) is 0 Å². The first kappa shape index (κ1) is 29.5. The van der Waals surface area contributed by atoms with Crippen LogP contribution in [0.3, 0.4) is 0 Å². The zero-order valence-corrected chi connectivity index (χ0v) is 24.4. The number of nitrogens with two attached hydrogens (primary N) is 1. The van der Waals surface area contributed by atoms with Gasteiger partial charge in [-0.15, -0.1) is 11.3 Å². The van der Waals surface area contributed by atoms with Gasteiger partial charge in [-0.25, -0.2) is 27.7 Å². The van der Waals surface area contributed by atoms with Crippen molar-refractivity contribution in [1.82, 2.24) is 15.0 Å². The van der Waals surface area contributed by atoms with Gasteiger partial charge in [-0.1, -0.05) is 36.4 Å². The van der Waals surface area contributed by atoms with Gasteiger partial charge in [0.2, 0.25) is 10.0 Å². The number of nitrogens with zero attached hydrogens (tertiary/aromatic N) is 1. The Morgan fingerprint density at radius 2 is 1.77 bits per heavy atom. The SMILES string of the molecule is CC(C)(C)NS(=O)(=O)c1cc(NC(=O)NCc2ccccc2)ccc1-c1cnc(C2CCC(OC(N)=O)CC2)s1. The van der Waals surface area contributed by atoms with Crippen LogP contribution in [0.1, 0.15) is 62.9 Å². The van der Waals surface area contributed by atoms with Crippen molar-refractivity contribution in [1.29, 1.82) is 0 Å². The summed E-state index contributed by atoms with van der Waals surface area (Å²) in [7, 11) is -3.95. The Morgan fingerprint density at radius 3 is 2.42 bits per heavy atom. The second kappa shape index (κ2) is 12.4. The summed E-state index contributed by atoms with van der Waals surface area (Å²) in [6.07, 6.45) is 3.74. The molecule has 1 aromatic heterocycles. The number of primary amides is 1. The smallest absolute Gasteiger partial charge is 0.404 e. The van der Waals surface area contributed by atoms with E-state index in [4.69, 9.17) is 10.5 Å². The molecule has 214 valence electrons. The summed E-state index contributed by atoms with van der Waals surface area (Å²) in [4.78, 5) is 29.0. The number of hydrogen-bond donors (Lipinski definition) is 4. The molecule has 4 rings (SSSR count). The van der Waals surface area contributed by atoms with Crippen LogP contribution < -0.4 is 21.1 Å². The number of carbonyl (C=O) groups is 2. The third-order valence-electron chi connectivity index (χ3n) is 6.36. The van der Waals surface area contributed by atoms with Crippen molar-refractivity contribution < 1.29 is 22.7 Å². The monoisotopic (exact) mass is 585 g/mol. The molecule has 3 aromatic rings. The largest absolute Gasteiger partial charge is 0.446 e. The first-order valence-electron chi connectivity index (χ1n) is 13.1. The van der Waals surface area contributed by atoms with Gasteiger partial charge in [0, 0.05) is 35.4 Å². The second-order valence-corrected chi connectivity index (χ2v) is 13.5. The van der Waals surface area contributed by atoms with Crippen molar-refractivity contribution >= 4 is 39.2 Å². The first-order chi connectivity index (χ1) is 18.9. The number of urea groups is 1. The fraction of sp³-hybridized carbons (Fsp3) is 0.393. The van der Waals surface area contributed by atoms with Crippen LogP contribution in [0.5, 0.6) is 0 Å². The minimum Gasteiger partial charge on any atom is -0.446 e. The molecule has 0 radical (unpaired) electrons. The topological polar surface area (TPSA) is 153 Å². The molecule has 0 unspecified atom stereocenters. The Morgan fingerprint density at radius 1 is 1.07 bits per heavy atom. The molecule has 1 aliphatic rings. The highest BCUT2D eigenvalue weighted by Gasteiger charge is 2.29. The average Bonchev–Trinajstić information content (AvgIpc) is 3.37. The molecular weight excluding hydrogens is 550 g/mol. The number of nitrogens with one attached hydrogen (secondary N) is 3. The van der Waals surface area contributed by atoms with Gasteiger partial charge in [0.1, 0.15) is 6.10 Å². The van der Waals surface area contributed by atoms with Crippen molar-refractivity contribution in [2.75, 3.05) is 5.32 Å². The van der Waals surface area contributed by atoms with Crippen LogP contribution >= 0.6 is 11.3 Å². The molecule has 10 nitrogen and oxygen atoms in total. The van der Waals surface area contributed by atoms with Gasteiger partial charge in [0.05, 0.1) is 14.8 Å². The predicted molar refractivity (Wildman–Crippen MR) is 156 cm³/mol. The number of hydrogen-bond acceptors (Lipinski definition) is 7. The van der Waals surface area contributed by atoms with Crippen LogP contribution in [-0.4, -0.2) is 37.2 Å². The number of ether oxygens (including phenoxy) is 1. The van der Waals surface area contributed by atoms with Gasteiger partial charge >= 0.3 is 12.1 Å². The minimum absolute atomic E-state index is 0.0528. The lowest BCUT2D eigenvalue weighted by Crippen LogP contribution is -2.40. The van der Waals surface area contributed by atoms with Crippen molar-refractivity contribution in [2.45, 2.75) is 75.5 Å². The average molecular weight is 586 g/mol. The van der Waals surface area contributed by atoms with E-state index in [-0.39, 0.29) is 16.9 Å². The van der Waals surface area contributed by atoms with Gasteiger partial charge in [-0.05, 0) is 64.2 Å². The van der Waals surface area contributed by atoms with Gasteiger partial charge in [-0.3, -0.25) is 0 Å². The highest BCUT2D eigenvalue weighted by Crippen LogP contribution is 2.40. The Balaban J connectivity index is 1.56. The Labute approximate surface area is 238 Å². The third-order valence-corrected chi connectivity index (χ3v) is 9.35. The molecule has 40 heavy (non-hydrogen) atoms. The summed E-state index contributed by atoms with van der Waals surface area (Å²) in [5.41, 5.74) is 6.23. The molecule has 5 N–H and O–H groups in total. The summed E-state index contributed by atoms with van der Waals surface area (Å²) < 4.78 is 34.9. The van der Waals surface area contributed by atoms with Gasteiger partial charge < -0.3 is 21.1 Å². The fourth-order valence-corrected chi connectivity index (χ4v) is 7.49. The summed E-state index contributed by atoms with van der Waals surface area (Å²) in [6.45, 7) is 5.65. The van der Waals surface area contributed by atoms with E-state index < -0.39 is 27.7 Å². The molecule has 1 fully saturated rings. The number of anilines is 1. The summed E-state index contributed by atoms with van der Waals surface area (Å²) in [5.74, 6) is 0.188. The molecule has 0 atom stereocenters. The molecule has 12 heteroatoms. The fourth-order valence-electron chi connectivity index (χ4n) is 4.63. The zero-order chi connectivity index (χ0) is 28.9. The minimum atomic E-state index is -3.95. The lowest BCUT2D eigenvalue weighted by molar-refractivity contribution is 0.0787. The zero-order valence-electron chi connectivity index (χ0n) is 22.8. The Bertz CT molecular complexity index is 1440. The van der Waals surface area contributed by atoms with Crippen LogP contribution in [0.4, 0.5) is 15.3 Å². The van der Waals surface area contributed by atoms with Crippen LogP contribution in [0, 0.1) is 0 Å². The Hall–Kier alpha value is -3.48. The molecule has 0 bridgehead atoms. The number of amides is 3. The van der Waals surface area contributed by atoms with Crippen LogP contribution in [0.15, 0.2) is 59.6 Å². The number of rotatable bonds is 8. The maximum atomic E-state index is 13.5. The number of aromatic nitrogens is 1. The molecule has 0 aliphatic heterocycles. The third kappa shape index (κ3) is 8.03. The van der Waals surface area contributed by atoms with Gasteiger partial charge in [0.15, 0.2) is 0 Å². The van der Waals surface area contributed by atoms with E-state index in [2.05, 4.69) is 20.3 Å². The Kier molecular flexibility index (Phi) is 9.12. The molecule has 1 heterocycles. The number of sulfonamides is 1. The summed E-state index contributed by atoms with van der Waals surface area (Å²) >= 11 is 1.45. The molecular formula is C28H35N5O5S2. The number of thiazole rings is 1. The highest BCUT2D eigenvalue weighted by molar-refractivity contribution is 7.89. The molecule has 0 saturated heterocycles. The van der Waals surface area contributed by atoms with E-state index in [1.54, 1.807) is 39.1 Å². The number of carbonyl (C=O) groups excluding carboxylic acids is 2. The van der Waals surface area contributed by atoms with E-state index in [0.717, 1.165) is 23.4 Å². The van der Waals surface area contributed by atoms with E-state index >= 15 is 0 Å². The molecule has 3 amide bonds. The van der Waals surface area contributed by atoms with E-state index in [9.17, 15) is 18.0 Å². The van der Waals surface area contributed by atoms with Crippen molar-refractivity contribution in [3.05, 3.63) is 65.3 Å². The predicted octanol–water partition coefficient (Wildman–Crippen LogP) is 5.33. The lowest BCUT2D eigenvalue weighted by Gasteiger charge is -2.26. The quantitative estimate of drug-likeness (QED) is 0.280. The molecule has 1 saturated carbocycles. The van der Waals surface area contributed by atoms with E-state index in [0.29, 0.717) is 35.5 Å². The first-order valence-corrected chi connectivity index (χ1v) is 15.4. The molecule has 2 aromatic carbocycles. The lowest BCUT2D eigenvalue weighted by atomic mass is 9.88. The van der Waals surface area contributed by atoms with Crippen LogP contribution in [0.25, 0.3) is 10.4 Å². The normalized spacial score (nSPS) is 17.7. The second-order valence-electron chi connectivity index (χ2n) is 10.8. The maximum absolute atomic E-state index is 13.5. The van der Waals surface area contributed by atoms with Crippen LogP contribution in [0.2, 0.25) is 0 Å². The summed E-state index contributed by atoms with van der Waals surface area (Å²) in [6, 6.07) is 13.9. The summed E-state index contributed by atoms with van der Waals surface area (Å²) in [5, 5.41) is 6.43. The number of benzene rings is 2. The standard InChI is InChI=1S/C28H35N5O5S2/c1-28(2,3)33-40(36,37)24-15-20(32-27(35)31-16-18-7-5-4-6-8-18)11-14-22(24)23-17-30-25(39-23)19-9-12-21(13-10-19)38-26(29)34/h4-8,11,14-15,17,19,21,33H,9-10,12-13,16H2,1-3H3,(H2,29,34)(H2,31,32,35). The van der Waals surface area contributed by atoms with E-state index in [1.165, 1.54) is 17.4 Å². The van der Waals surface area contributed by atoms with Gasteiger partial charge in [-0.2, -0.15) is 0 Å². The van der Waals surface area contributed by atoms with Crippen LogP contribution in [-0.2, 0) is 21.3 Å². The molecule has 0 spiro atoms. The highest BCUT2D eigenvalue weighted by atomic mass is 32.2. The maximum Gasteiger partial charge on any atom is 0.404 e. The van der Waals surface area contributed by atoms with Crippen molar-refractivity contribution in [2.24, 2.45) is 5.73 Å². The van der Waals surface area contributed by atoms with Crippen molar-refractivity contribution in [3.8, 4) is 10.4 Å². The van der Waals surface area contributed by atoms with E-state index in [1.807, 2.05) is 30.3 Å². The van der Waals surface area contributed by atoms with Gasteiger partial charge in [0.25, 0.3) is 0 Å². The molecule has 1 aliphatic carbocycles.